The summed E-state index contributed by atoms with van der Waals surface area (Å²) in [5, 5.41) is 11.9. The summed E-state index contributed by atoms with van der Waals surface area (Å²) >= 11 is 0. The minimum absolute atomic E-state index is 0.122. The molecule has 3 heterocycles. The summed E-state index contributed by atoms with van der Waals surface area (Å²) in [6, 6.07) is 19.9. The number of nitriles is 1. The number of nitrogens with zero attached hydrogens (tertiary/aromatic N) is 2. The molecule has 1 N–H and O–H groups in total. The second-order valence-corrected chi connectivity index (χ2v) is 10.4. The van der Waals surface area contributed by atoms with Crippen LogP contribution in [0.5, 0.6) is 23.0 Å². The Hall–Kier alpha value is -5.43. The third-order valence-corrected chi connectivity index (χ3v) is 7.72. The van der Waals surface area contributed by atoms with Crippen molar-refractivity contribution in [3.8, 4) is 29.1 Å². The quantitative estimate of drug-likeness (QED) is 0.308. The molecule has 1 atom stereocenters. The minimum atomic E-state index is -0.770. The number of carbonyl (C=O) groups is 2. The lowest BCUT2D eigenvalue weighted by Gasteiger charge is -2.38. The predicted molar refractivity (Wildman–Crippen MR) is 156 cm³/mol. The first-order chi connectivity index (χ1) is 21.4. The Morgan fingerprint density at radius 3 is 2.64 bits per heavy atom. The standard InChI is InChI=1S/C34H27F2N3O5/c1-42-30-10-4-22-17-31(30)43-14-2-12-38-33(40)27-18-24(6-9-28(27)35)44-23-5-8-25-21(16-23)11-13-39(32(22)25)34(41)26-7-3-20(19-37)15-29(26)36/h3-10,15-18,32H,2,11-14H2,1H3,(H,38,40). The van der Waals surface area contributed by atoms with Crippen molar-refractivity contribution in [3.05, 3.63) is 118 Å². The van der Waals surface area contributed by atoms with Crippen LogP contribution < -0.4 is 19.5 Å². The van der Waals surface area contributed by atoms with Crippen molar-refractivity contribution < 1.29 is 32.6 Å². The maximum Gasteiger partial charge on any atom is 0.257 e. The number of ether oxygens (including phenoxy) is 3. The Balaban J connectivity index is 1.46. The smallest absolute Gasteiger partial charge is 0.257 e. The number of hydrogen-bond donors (Lipinski definition) is 1. The van der Waals surface area contributed by atoms with Crippen molar-refractivity contribution in [2.75, 3.05) is 26.8 Å². The summed E-state index contributed by atoms with van der Waals surface area (Å²) in [5.41, 5.74) is 2.28. The maximum absolute atomic E-state index is 15.0. The van der Waals surface area contributed by atoms with Gasteiger partial charge >= 0.3 is 0 Å². The SMILES string of the molecule is COc1ccc2cc1OCCCNC(=O)c1cc(ccc1F)Oc1ccc3c(c1)CCN(C(=O)c1ccc(C#N)cc1F)C23. The number of methoxy groups -OCH3 is 1. The van der Waals surface area contributed by atoms with Crippen molar-refractivity contribution in [1.82, 2.24) is 10.2 Å². The van der Waals surface area contributed by atoms with Crippen molar-refractivity contribution in [2.45, 2.75) is 18.9 Å². The average molecular weight is 596 g/mol. The summed E-state index contributed by atoms with van der Waals surface area (Å²) in [4.78, 5) is 28.2. The Morgan fingerprint density at radius 1 is 1.02 bits per heavy atom. The third kappa shape index (κ3) is 5.52. The van der Waals surface area contributed by atoms with Crippen molar-refractivity contribution >= 4 is 11.8 Å². The first-order valence-electron chi connectivity index (χ1n) is 14.1. The van der Waals surface area contributed by atoms with Crippen LogP contribution in [0.2, 0.25) is 0 Å². The molecule has 1 unspecified atom stereocenters. The highest BCUT2D eigenvalue weighted by Crippen LogP contribution is 2.41. The van der Waals surface area contributed by atoms with Gasteiger partial charge in [-0.2, -0.15) is 5.26 Å². The number of hydrogen-bond acceptors (Lipinski definition) is 6. The van der Waals surface area contributed by atoms with Gasteiger partial charge in [0.25, 0.3) is 11.8 Å². The number of amides is 2. The fraction of sp³-hybridized carbons (Fsp3) is 0.206. The second kappa shape index (κ2) is 12.1. The van der Waals surface area contributed by atoms with Gasteiger partial charge in [0.1, 0.15) is 23.1 Å². The van der Waals surface area contributed by atoms with Crippen LogP contribution in [0.15, 0.2) is 72.8 Å². The topological polar surface area (TPSA) is 101 Å². The van der Waals surface area contributed by atoms with Gasteiger partial charge in [-0.3, -0.25) is 9.59 Å². The Morgan fingerprint density at radius 2 is 1.84 bits per heavy atom. The molecule has 8 bridgehead atoms. The molecule has 0 aromatic heterocycles. The van der Waals surface area contributed by atoms with E-state index in [1.54, 1.807) is 23.1 Å². The van der Waals surface area contributed by atoms with E-state index in [1.165, 1.54) is 37.4 Å². The van der Waals surface area contributed by atoms with Gasteiger partial charge in [-0.15, -0.1) is 0 Å². The molecule has 3 aliphatic heterocycles. The van der Waals surface area contributed by atoms with Gasteiger partial charge in [0, 0.05) is 13.1 Å². The maximum atomic E-state index is 15.0. The van der Waals surface area contributed by atoms with Crippen LogP contribution in [0, 0.1) is 23.0 Å². The highest BCUT2D eigenvalue weighted by molar-refractivity contribution is 5.96. The Labute approximate surface area is 252 Å². The Kier molecular flexibility index (Phi) is 7.85. The van der Waals surface area contributed by atoms with E-state index >= 15 is 4.39 Å². The molecule has 0 fully saturated rings. The number of rotatable bonds is 2. The van der Waals surface area contributed by atoms with Crippen LogP contribution in [0.1, 0.15) is 55.4 Å². The number of halogens is 2. The minimum Gasteiger partial charge on any atom is -0.493 e. The first kappa shape index (κ1) is 28.7. The zero-order chi connectivity index (χ0) is 30.8. The second-order valence-electron chi connectivity index (χ2n) is 10.4. The zero-order valence-corrected chi connectivity index (χ0v) is 23.7. The molecular weight excluding hydrogens is 568 g/mol. The van der Waals surface area contributed by atoms with Gasteiger partial charge in [-0.05, 0) is 90.2 Å². The summed E-state index contributed by atoms with van der Waals surface area (Å²) in [6.45, 7) is 0.717. The van der Waals surface area contributed by atoms with Crippen LogP contribution in [-0.4, -0.2) is 43.5 Å². The van der Waals surface area contributed by atoms with Gasteiger partial charge < -0.3 is 24.4 Å². The number of nitrogens with one attached hydrogen (secondary N) is 1. The first-order valence-corrected chi connectivity index (χ1v) is 14.1. The molecular formula is C34H27F2N3O5. The van der Waals surface area contributed by atoms with Gasteiger partial charge in [0.2, 0.25) is 0 Å². The number of carbonyl (C=O) groups excluding carboxylic acids is 2. The Bertz CT molecular complexity index is 1820. The highest BCUT2D eigenvalue weighted by Gasteiger charge is 2.34. The lowest BCUT2D eigenvalue weighted by molar-refractivity contribution is 0.0689. The molecule has 2 amide bonds. The van der Waals surface area contributed by atoms with E-state index < -0.39 is 29.5 Å². The monoisotopic (exact) mass is 595 g/mol. The largest absolute Gasteiger partial charge is 0.493 e. The van der Waals surface area contributed by atoms with E-state index in [4.69, 9.17) is 19.5 Å². The molecule has 10 heteroatoms. The molecule has 4 aromatic carbocycles. The fourth-order valence-corrected chi connectivity index (χ4v) is 5.56. The third-order valence-electron chi connectivity index (χ3n) is 7.72. The van der Waals surface area contributed by atoms with E-state index in [1.807, 2.05) is 24.3 Å². The molecule has 3 aliphatic rings. The molecule has 222 valence electrons. The molecule has 0 radical (unpaired) electrons. The van der Waals surface area contributed by atoms with Crippen molar-refractivity contribution in [2.24, 2.45) is 0 Å². The number of benzene rings is 4. The molecule has 44 heavy (non-hydrogen) atoms. The van der Waals surface area contributed by atoms with Gasteiger partial charge in [-0.1, -0.05) is 12.1 Å². The lowest BCUT2D eigenvalue weighted by Crippen LogP contribution is -2.41. The van der Waals surface area contributed by atoms with Gasteiger partial charge in [-0.25, -0.2) is 8.78 Å². The molecule has 0 saturated carbocycles. The normalized spacial score (nSPS) is 16.0. The molecule has 0 spiro atoms. The van der Waals surface area contributed by atoms with Crippen LogP contribution in [0.25, 0.3) is 0 Å². The van der Waals surface area contributed by atoms with Crippen molar-refractivity contribution in [3.63, 3.8) is 0 Å². The van der Waals surface area contributed by atoms with Crippen molar-refractivity contribution in [1.29, 1.82) is 5.26 Å². The van der Waals surface area contributed by atoms with E-state index in [9.17, 15) is 14.0 Å². The zero-order valence-electron chi connectivity index (χ0n) is 23.7. The average Bonchev–Trinajstić information content (AvgIpc) is 3.04. The number of fused-ring (bicyclic) bond motifs is 6. The van der Waals surface area contributed by atoms with Crippen LogP contribution in [0.3, 0.4) is 0 Å². The van der Waals surface area contributed by atoms with E-state index in [2.05, 4.69) is 5.32 Å². The molecule has 7 rings (SSSR count). The van der Waals surface area contributed by atoms with E-state index in [-0.39, 0.29) is 36.4 Å². The van der Waals surface area contributed by atoms with Crippen LogP contribution in [-0.2, 0) is 6.42 Å². The summed E-state index contributed by atoms with van der Waals surface area (Å²) in [6.07, 6.45) is 0.872. The highest BCUT2D eigenvalue weighted by atomic mass is 19.1. The molecule has 0 aliphatic carbocycles. The van der Waals surface area contributed by atoms with Crippen LogP contribution >= 0.6 is 0 Å². The molecule has 8 nitrogen and oxygen atoms in total. The predicted octanol–water partition coefficient (Wildman–Crippen LogP) is 5.94. The van der Waals surface area contributed by atoms with Gasteiger partial charge in [0.05, 0.1) is 42.5 Å². The molecule has 4 aromatic rings. The lowest BCUT2D eigenvalue weighted by atomic mass is 9.87. The fourth-order valence-electron chi connectivity index (χ4n) is 5.56. The van der Waals surface area contributed by atoms with Crippen LogP contribution in [0.4, 0.5) is 8.78 Å². The van der Waals surface area contributed by atoms with Gasteiger partial charge in [0.15, 0.2) is 11.5 Å². The summed E-state index contributed by atoms with van der Waals surface area (Å²) < 4.78 is 47.2. The summed E-state index contributed by atoms with van der Waals surface area (Å²) in [5.74, 6) is -0.850. The van der Waals surface area contributed by atoms with E-state index in [0.29, 0.717) is 35.8 Å². The molecule has 0 saturated heterocycles. The summed E-state index contributed by atoms with van der Waals surface area (Å²) in [7, 11) is 1.52. The van der Waals surface area contributed by atoms with E-state index in [0.717, 1.165) is 22.8 Å².